The molecule has 0 amide bonds. The lowest BCUT2D eigenvalue weighted by Crippen LogP contribution is -2.45. The molecular formula is C11H22N2O. The van der Waals surface area contributed by atoms with Crippen molar-refractivity contribution in [1.29, 1.82) is 0 Å². The molecule has 0 saturated heterocycles. The molecule has 0 aromatic carbocycles. The van der Waals surface area contributed by atoms with Crippen molar-refractivity contribution in [3.8, 4) is 12.3 Å². The number of rotatable bonds is 8. The third-order valence-corrected chi connectivity index (χ3v) is 2.12. The highest BCUT2D eigenvalue weighted by Gasteiger charge is 2.15. The first-order valence-corrected chi connectivity index (χ1v) is 5.11. The van der Waals surface area contributed by atoms with Gasteiger partial charge in [-0.2, -0.15) is 0 Å². The van der Waals surface area contributed by atoms with Gasteiger partial charge in [0.25, 0.3) is 0 Å². The predicted molar refractivity (Wildman–Crippen MR) is 60.3 cm³/mol. The molecule has 0 saturated carbocycles. The van der Waals surface area contributed by atoms with Gasteiger partial charge in [-0.1, -0.05) is 12.8 Å². The van der Waals surface area contributed by atoms with Crippen LogP contribution in [-0.2, 0) is 4.74 Å². The van der Waals surface area contributed by atoms with Crippen molar-refractivity contribution >= 4 is 0 Å². The molecule has 0 aliphatic heterocycles. The smallest absolute Gasteiger partial charge is 0.0630 e. The van der Waals surface area contributed by atoms with E-state index in [4.69, 9.17) is 11.2 Å². The molecule has 0 bridgehead atoms. The van der Waals surface area contributed by atoms with Gasteiger partial charge in [0.15, 0.2) is 0 Å². The average molecular weight is 198 g/mol. The molecule has 1 unspecified atom stereocenters. The first-order chi connectivity index (χ1) is 6.79. The standard InChI is InChI=1S/C11H22N2O/c1-5-7-13(8-6-2)11(9-12-3)10-14-4/h1,11-12H,6-10H2,2-4H3. The van der Waals surface area contributed by atoms with Gasteiger partial charge < -0.3 is 10.1 Å². The van der Waals surface area contributed by atoms with Crippen molar-refractivity contribution in [2.75, 3.05) is 40.4 Å². The van der Waals surface area contributed by atoms with Crippen LogP contribution < -0.4 is 5.32 Å². The zero-order valence-electron chi connectivity index (χ0n) is 9.55. The van der Waals surface area contributed by atoms with Gasteiger partial charge in [-0.05, 0) is 20.0 Å². The van der Waals surface area contributed by atoms with Crippen molar-refractivity contribution < 1.29 is 4.74 Å². The Hall–Kier alpha value is -0.560. The molecule has 0 aromatic heterocycles. The van der Waals surface area contributed by atoms with E-state index in [0.29, 0.717) is 12.6 Å². The lowest BCUT2D eigenvalue weighted by Gasteiger charge is -2.29. The predicted octanol–water partition coefficient (Wildman–Crippen LogP) is 0.566. The number of methoxy groups -OCH3 is 1. The molecular weight excluding hydrogens is 176 g/mol. The van der Waals surface area contributed by atoms with Crippen LogP contribution in [0.5, 0.6) is 0 Å². The zero-order valence-corrected chi connectivity index (χ0v) is 9.55. The van der Waals surface area contributed by atoms with E-state index in [2.05, 4.69) is 23.1 Å². The molecule has 3 nitrogen and oxygen atoms in total. The molecule has 0 aromatic rings. The summed E-state index contributed by atoms with van der Waals surface area (Å²) in [5.74, 6) is 2.69. The largest absolute Gasteiger partial charge is 0.383 e. The van der Waals surface area contributed by atoms with Crippen molar-refractivity contribution in [2.45, 2.75) is 19.4 Å². The lowest BCUT2D eigenvalue weighted by molar-refractivity contribution is 0.0987. The van der Waals surface area contributed by atoms with Gasteiger partial charge in [-0.25, -0.2) is 0 Å². The third kappa shape index (κ3) is 5.23. The Bertz CT molecular complexity index is 159. The van der Waals surface area contributed by atoms with E-state index < -0.39 is 0 Å². The lowest BCUT2D eigenvalue weighted by atomic mass is 10.2. The summed E-state index contributed by atoms with van der Waals surface area (Å²) in [7, 11) is 3.67. The van der Waals surface area contributed by atoms with Crippen LogP contribution in [0.15, 0.2) is 0 Å². The Morgan fingerprint density at radius 2 is 2.29 bits per heavy atom. The fourth-order valence-electron chi connectivity index (χ4n) is 1.52. The van der Waals surface area contributed by atoms with E-state index in [0.717, 1.165) is 26.1 Å². The van der Waals surface area contributed by atoms with Crippen LogP contribution >= 0.6 is 0 Å². The van der Waals surface area contributed by atoms with E-state index in [1.165, 1.54) is 0 Å². The minimum Gasteiger partial charge on any atom is -0.383 e. The summed E-state index contributed by atoms with van der Waals surface area (Å²) in [5, 5.41) is 3.16. The van der Waals surface area contributed by atoms with Crippen LogP contribution in [0.4, 0.5) is 0 Å². The topological polar surface area (TPSA) is 24.5 Å². The van der Waals surface area contributed by atoms with E-state index in [9.17, 15) is 0 Å². The molecule has 0 aliphatic rings. The Morgan fingerprint density at radius 1 is 1.57 bits per heavy atom. The average Bonchev–Trinajstić information content (AvgIpc) is 2.17. The number of nitrogens with zero attached hydrogens (tertiary/aromatic N) is 1. The van der Waals surface area contributed by atoms with Crippen LogP contribution in [0.1, 0.15) is 13.3 Å². The maximum Gasteiger partial charge on any atom is 0.0630 e. The van der Waals surface area contributed by atoms with Crippen LogP contribution in [0, 0.1) is 12.3 Å². The van der Waals surface area contributed by atoms with Crippen molar-refractivity contribution in [3.63, 3.8) is 0 Å². The van der Waals surface area contributed by atoms with Crippen molar-refractivity contribution in [1.82, 2.24) is 10.2 Å². The molecule has 0 fully saturated rings. The van der Waals surface area contributed by atoms with E-state index in [1.54, 1.807) is 7.11 Å². The third-order valence-electron chi connectivity index (χ3n) is 2.12. The minimum atomic E-state index is 0.376. The summed E-state index contributed by atoms with van der Waals surface area (Å²) in [6, 6.07) is 0.376. The van der Waals surface area contributed by atoms with Crippen LogP contribution in [0.2, 0.25) is 0 Å². The quantitative estimate of drug-likeness (QED) is 0.577. The Kier molecular flexibility index (Phi) is 8.65. The van der Waals surface area contributed by atoms with Gasteiger partial charge in [0, 0.05) is 19.7 Å². The van der Waals surface area contributed by atoms with Crippen molar-refractivity contribution in [3.05, 3.63) is 0 Å². The molecule has 3 heteroatoms. The van der Waals surface area contributed by atoms with Crippen molar-refractivity contribution in [2.24, 2.45) is 0 Å². The molecule has 14 heavy (non-hydrogen) atoms. The molecule has 0 rings (SSSR count). The molecule has 1 N–H and O–H groups in total. The van der Waals surface area contributed by atoms with E-state index >= 15 is 0 Å². The summed E-state index contributed by atoms with van der Waals surface area (Å²) in [5.41, 5.74) is 0. The summed E-state index contributed by atoms with van der Waals surface area (Å²) in [4.78, 5) is 2.28. The molecule has 0 aliphatic carbocycles. The fourth-order valence-corrected chi connectivity index (χ4v) is 1.52. The number of hydrogen-bond acceptors (Lipinski definition) is 3. The van der Waals surface area contributed by atoms with Crippen LogP contribution in [0.3, 0.4) is 0 Å². The van der Waals surface area contributed by atoms with Gasteiger partial charge >= 0.3 is 0 Å². The maximum atomic E-state index is 5.34. The second-order valence-corrected chi connectivity index (χ2v) is 3.34. The van der Waals surface area contributed by atoms with Gasteiger partial charge in [-0.15, -0.1) is 6.42 Å². The number of likely N-dealkylation sites (N-methyl/N-ethyl adjacent to an activating group) is 1. The summed E-state index contributed by atoms with van der Waals surface area (Å²) < 4.78 is 5.18. The van der Waals surface area contributed by atoms with Gasteiger partial charge in [-0.3, -0.25) is 4.90 Å². The second kappa shape index (κ2) is 9.01. The highest BCUT2D eigenvalue weighted by Crippen LogP contribution is 2.00. The Balaban J connectivity index is 4.14. The zero-order chi connectivity index (χ0) is 10.8. The van der Waals surface area contributed by atoms with E-state index in [-0.39, 0.29) is 0 Å². The highest BCUT2D eigenvalue weighted by molar-refractivity contribution is 4.90. The number of terminal acetylenes is 1. The monoisotopic (exact) mass is 198 g/mol. The summed E-state index contributed by atoms with van der Waals surface area (Å²) >= 11 is 0. The number of ether oxygens (including phenoxy) is 1. The number of hydrogen-bond donors (Lipinski definition) is 1. The second-order valence-electron chi connectivity index (χ2n) is 3.34. The number of nitrogens with one attached hydrogen (secondary N) is 1. The summed E-state index contributed by atoms with van der Waals surface area (Å²) in [6.45, 7) is 5.52. The highest BCUT2D eigenvalue weighted by atomic mass is 16.5. The van der Waals surface area contributed by atoms with Gasteiger partial charge in [0.05, 0.1) is 13.2 Å². The van der Waals surface area contributed by atoms with Crippen LogP contribution in [0.25, 0.3) is 0 Å². The fraction of sp³-hybridized carbons (Fsp3) is 0.818. The minimum absolute atomic E-state index is 0.376. The normalized spacial score (nSPS) is 12.8. The first kappa shape index (κ1) is 13.4. The van der Waals surface area contributed by atoms with Gasteiger partial charge in [0.2, 0.25) is 0 Å². The van der Waals surface area contributed by atoms with Gasteiger partial charge in [0.1, 0.15) is 0 Å². The Morgan fingerprint density at radius 3 is 2.71 bits per heavy atom. The molecule has 0 heterocycles. The maximum absolute atomic E-state index is 5.34. The molecule has 0 radical (unpaired) electrons. The Labute approximate surface area is 87.8 Å². The first-order valence-electron chi connectivity index (χ1n) is 5.11. The van der Waals surface area contributed by atoms with Crippen LogP contribution in [-0.4, -0.2) is 51.3 Å². The SMILES string of the molecule is C#CCN(CCC)C(CNC)COC. The molecule has 82 valence electrons. The van der Waals surface area contributed by atoms with E-state index in [1.807, 2.05) is 7.05 Å². The molecule has 1 atom stereocenters. The summed E-state index contributed by atoms with van der Waals surface area (Å²) in [6.07, 6.45) is 6.45. The molecule has 0 spiro atoms.